The van der Waals surface area contributed by atoms with Crippen LogP contribution in [0.15, 0.2) is 23.6 Å². The first-order valence-electron chi connectivity index (χ1n) is 9.00. The van der Waals surface area contributed by atoms with Gasteiger partial charge in [0.2, 0.25) is 5.91 Å². The zero-order valence-electron chi connectivity index (χ0n) is 14.9. The number of imide groups is 1. The molecule has 3 N–H and O–H groups in total. The van der Waals surface area contributed by atoms with Crippen molar-refractivity contribution in [2.75, 3.05) is 11.9 Å². The van der Waals surface area contributed by atoms with Crippen LogP contribution in [0, 0.1) is 5.92 Å². The number of carbonyl (C=O) groups excluding carboxylic acids is 3. The second-order valence-electron chi connectivity index (χ2n) is 7.28. The Morgan fingerprint density at radius 2 is 2.19 bits per heavy atom. The number of thiophene rings is 1. The topological polar surface area (TPSA) is 107 Å². The molecule has 0 unspecified atom stereocenters. The van der Waals surface area contributed by atoms with Crippen LogP contribution in [0.25, 0.3) is 10.6 Å². The van der Waals surface area contributed by atoms with Crippen LogP contribution in [0.5, 0.6) is 0 Å². The van der Waals surface area contributed by atoms with E-state index in [4.69, 9.17) is 0 Å². The minimum atomic E-state index is -0.831. The highest BCUT2D eigenvalue weighted by molar-refractivity contribution is 7.13. The van der Waals surface area contributed by atoms with Gasteiger partial charge in [-0.3, -0.25) is 19.6 Å². The fourth-order valence-electron chi connectivity index (χ4n) is 3.68. The fourth-order valence-corrected chi connectivity index (χ4v) is 4.38. The summed E-state index contributed by atoms with van der Waals surface area (Å²) in [6.07, 6.45) is 3.04. The molecule has 1 aliphatic carbocycles. The number of nitrogens with one attached hydrogen (secondary N) is 3. The van der Waals surface area contributed by atoms with E-state index < -0.39 is 17.5 Å². The van der Waals surface area contributed by atoms with Crippen LogP contribution >= 0.6 is 11.3 Å². The zero-order valence-corrected chi connectivity index (χ0v) is 15.8. The number of aromatic amines is 1. The van der Waals surface area contributed by atoms with Crippen LogP contribution in [-0.2, 0) is 9.59 Å². The lowest BCUT2D eigenvalue weighted by molar-refractivity contribution is -0.135. The molecule has 2 aromatic heterocycles. The Balaban J connectivity index is 1.39. The number of anilines is 1. The van der Waals surface area contributed by atoms with Gasteiger partial charge in [0.1, 0.15) is 12.1 Å². The Morgan fingerprint density at radius 3 is 2.89 bits per heavy atom. The normalized spacial score (nSPS) is 25.1. The molecule has 142 valence electrons. The number of rotatable bonds is 4. The highest BCUT2D eigenvalue weighted by Gasteiger charge is 2.52. The Hall–Kier alpha value is -2.68. The standard InChI is InChI=1S/C18H21N5O3S/c1-11-4-6-18(7-5-11)16(25)23(17(26)20-18)10-15(24)19-14-9-12(21-22-14)13-3-2-8-27-13/h2-3,8-9,11H,4-7,10H2,1H3,(H,20,26)(H2,19,21,22,24). The lowest BCUT2D eigenvalue weighted by atomic mass is 9.77. The third-order valence-corrected chi connectivity index (χ3v) is 6.21. The summed E-state index contributed by atoms with van der Waals surface area (Å²) in [5.41, 5.74) is -0.0340. The average Bonchev–Trinajstić information content (AvgIpc) is 3.36. The van der Waals surface area contributed by atoms with Crippen molar-refractivity contribution in [1.82, 2.24) is 20.4 Å². The van der Waals surface area contributed by atoms with E-state index in [0.717, 1.165) is 28.3 Å². The third kappa shape index (κ3) is 3.34. The number of carbonyl (C=O) groups is 3. The van der Waals surface area contributed by atoms with Gasteiger partial charge in [0.25, 0.3) is 5.91 Å². The Morgan fingerprint density at radius 1 is 1.41 bits per heavy atom. The van der Waals surface area contributed by atoms with Crippen molar-refractivity contribution in [3.05, 3.63) is 23.6 Å². The second-order valence-corrected chi connectivity index (χ2v) is 8.23. The summed E-state index contributed by atoms with van der Waals surface area (Å²) in [5.74, 6) is 0.159. The summed E-state index contributed by atoms with van der Waals surface area (Å²) in [4.78, 5) is 39.4. The van der Waals surface area contributed by atoms with Gasteiger partial charge in [-0.1, -0.05) is 13.0 Å². The van der Waals surface area contributed by atoms with Crippen LogP contribution in [0.3, 0.4) is 0 Å². The van der Waals surface area contributed by atoms with Crippen molar-refractivity contribution in [3.8, 4) is 10.6 Å². The number of hydrogen-bond donors (Lipinski definition) is 3. The molecular weight excluding hydrogens is 366 g/mol. The summed E-state index contributed by atoms with van der Waals surface area (Å²) < 4.78 is 0. The van der Waals surface area contributed by atoms with Gasteiger partial charge in [-0.2, -0.15) is 5.10 Å². The van der Waals surface area contributed by atoms with Crippen LogP contribution in [0.1, 0.15) is 32.6 Å². The molecule has 0 radical (unpaired) electrons. The van der Waals surface area contributed by atoms with Crippen molar-refractivity contribution >= 4 is 35.0 Å². The molecule has 0 atom stereocenters. The predicted molar refractivity (Wildman–Crippen MR) is 101 cm³/mol. The van der Waals surface area contributed by atoms with E-state index in [2.05, 4.69) is 27.8 Å². The molecule has 3 heterocycles. The monoisotopic (exact) mass is 387 g/mol. The molecule has 2 aromatic rings. The highest BCUT2D eigenvalue weighted by Crippen LogP contribution is 2.36. The van der Waals surface area contributed by atoms with Gasteiger partial charge in [0, 0.05) is 6.07 Å². The summed E-state index contributed by atoms with van der Waals surface area (Å²) in [7, 11) is 0. The van der Waals surface area contributed by atoms with Crippen LogP contribution < -0.4 is 10.6 Å². The summed E-state index contributed by atoms with van der Waals surface area (Å²) >= 11 is 1.56. The quantitative estimate of drug-likeness (QED) is 0.701. The maximum Gasteiger partial charge on any atom is 0.325 e. The molecule has 8 nitrogen and oxygen atoms in total. The maximum atomic E-state index is 12.8. The molecule has 4 rings (SSSR count). The molecule has 1 saturated carbocycles. The van der Waals surface area contributed by atoms with Gasteiger partial charge in [-0.15, -0.1) is 11.3 Å². The van der Waals surface area contributed by atoms with E-state index in [-0.39, 0.29) is 12.5 Å². The molecule has 1 aliphatic heterocycles. The predicted octanol–water partition coefficient (Wildman–Crippen LogP) is 2.58. The SMILES string of the molecule is CC1CCC2(CC1)NC(=O)N(CC(=O)Nc1cc(-c3cccs3)[nH]n1)C2=O. The first kappa shape index (κ1) is 17.7. The van der Waals surface area contributed by atoms with Crippen LogP contribution in [0.2, 0.25) is 0 Å². The Kier molecular flexibility index (Phi) is 4.47. The first-order chi connectivity index (χ1) is 13.0. The number of amides is 4. The van der Waals surface area contributed by atoms with E-state index >= 15 is 0 Å². The Bertz CT molecular complexity index is 867. The molecule has 1 saturated heterocycles. The lowest BCUT2D eigenvalue weighted by Gasteiger charge is -2.33. The number of urea groups is 1. The second kappa shape index (κ2) is 6.80. The molecular formula is C18H21N5O3S. The molecule has 27 heavy (non-hydrogen) atoms. The van der Waals surface area contributed by atoms with Gasteiger partial charge < -0.3 is 10.6 Å². The zero-order chi connectivity index (χ0) is 19.0. The minimum absolute atomic E-state index is 0.296. The molecule has 2 aliphatic rings. The van der Waals surface area contributed by atoms with Crippen molar-refractivity contribution in [3.63, 3.8) is 0 Å². The summed E-state index contributed by atoms with van der Waals surface area (Å²) in [6, 6.07) is 5.10. The molecule has 4 amide bonds. The fraction of sp³-hybridized carbons (Fsp3) is 0.444. The van der Waals surface area contributed by atoms with Crippen molar-refractivity contribution in [2.45, 2.75) is 38.1 Å². The summed E-state index contributed by atoms with van der Waals surface area (Å²) in [6.45, 7) is 1.83. The maximum absolute atomic E-state index is 12.8. The van der Waals surface area contributed by atoms with Crippen molar-refractivity contribution < 1.29 is 14.4 Å². The average molecular weight is 387 g/mol. The highest BCUT2D eigenvalue weighted by atomic mass is 32.1. The molecule has 2 fully saturated rings. The lowest BCUT2D eigenvalue weighted by Crippen LogP contribution is -2.49. The smallest absolute Gasteiger partial charge is 0.323 e. The van der Waals surface area contributed by atoms with Crippen molar-refractivity contribution in [1.29, 1.82) is 0 Å². The van der Waals surface area contributed by atoms with Crippen molar-refractivity contribution in [2.24, 2.45) is 5.92 Å². The van der Waals surface area contributed by atoms with E-state index in [1.165, 1.54) is 0 Å². The van der Waals surface area contributed by atoms with Gasteiger partial charge >= 0.3 is 6.03 Å². The molecule has 9 heteroatoms. The van der Waals surface area contributed by atoms with Crippen LogP contribution in [0.4, 0.5) is 10.6 Å². The molecule has 0 bridgehead atoms. The minimum Gasteiger partial charge on any atom is -0.323 e. The van der Waals surface area contributed by atoms with Gasteiger partial charge in [-0.25, -0.2) is 4.79 Å². The van der Waals surface area contributed by atoms with Gasteiger partial charge in [0.15, 0.2) is 5.82 Å². The van der Waals surface area contributed by atoms with E-state index in [1.807, 2.05) is 17.5 Å². The first-order valence-corrected chi connectivity index (χ1v) is 9.88. The Labute approximate surface area is 160 Å². The number of hydrogen-bond acceptors (Lipinski definition) is 5. The number of aromatic nitrogens is 2. The molecule has 1 spiro atoms. The van der Waals surface area contributed by atoms with Crippen LogP contribution in [-0.4, -0.2) is 45.0 Å². The largest absolute Gasteiger partial charge is 0.325 e. The number of H-pyrrole nitrogens is 1. The van der Waals surface area contributed by atoms with E-state index in [1.54, 1.807) is 17.4 Å². The van der Waals surface area contributed by atoms with E-state index in [9.17, 15) is 14.4 Å². The summed E-state index contributed by atoms with van der Waals surface area (Å²) in [5, 5.41) is 14.3. The molecule has 0 aromatic carbocycles. The van der Waals surface area contributed by atoms with Gasteiger partial charge in [0.05, 0.1) is 10.6 Å². The van der Waals surface area contributed by atoms with E-state index in [0.29, 0.717) is 24.6 Å². The van der Waals surface area contributed by atoms with Gasteiger partial charge in [-0.05, 0) is 43.0 Å². The number of nitrogens with zero attached hydrogens (tertiary/aromatic N) is 2. The third-order valence-electron chi connectivity index (χ3n) is 5.31.